The number of nitrogens with zero attached hydrogens (tertiary/aromatic N) is 3. The van der Waals surface area contributed by atoms with Crippen LogP contribution in [0, 0.1) is 0 Å². The second-order valence-corrected chi connectivity index (χ2v) is 24.5. The Labute approximate surface area is 359 Å². The standard InChI is InChI=1S/C54H64BN3S/c1-49(2,3)32-17-21-35(22-18-32)58-41-26-20-33(50(4,5)6)27-40(41)55-45-42(30-44(52(10,11)12)56-48(45)58)57(36-23-25-38-39(29-36)54(15,16)31-53(38,13)14)46-37-24-19-34(51(7,8)9)28-43(37)59-47(46)55/h17-30H,31H2,1-16H3. The second-order valence-electron chi connectivity index (χ2n) is 23.4. The molecule has 0 saturated carbocycles. The van der Waals surface area contributed by atoms with E-state index < -0.39 is 0 Å². The molecule has 5 heteroatoms. The summed E-state index contributed by atoms with van der Waals surface area (Å²) >= 11 is 1.99. The first kappa shape index (κ1) is 40.1. The second kappa shape index (κ2) is 12.6. The number of benzene rings is 4. The Morgan fingerprint density at radius 2 is 1.14 bits per heavy atom. The van der Waals surface area contributed by atoms with Crippen LogP contribution in [0.4, 0.5) is 34.3 Å². The lowest BCUT2D eigenvalue weighted by atomic mass is 9.36. The Morgan fingerprint density at radius 3 is 1.76 bits per heavy atom. The van der Waals surface area contributed by atoms with Crippen LogP contribution < -0.4 is 25.5 Å². The van der Waals surface area contributed by atoms with E-state index in [1.807, 2.05) is 11.3 Å². The number of thiophene rings is 1. The maximum atomic E-state index is 5.78. The Bertz CT molecular complexity index is 2690. The number of rotatable bonds is 2. The monoisotopic (exact) mass is 797 g/mol. The molecule has 1 aliphatic carbocycles. The van der Waals surface area contributed by atoms with Crippen molar-refractivity contribution in [3.63, 3.8) is 0 Å². The van der Waals surface area contributed by atoms with Crippen molar-refractivity contribution >= 4 is 78.1 Å². The van der Waals surface area contributed by atoms with E-state index in [2.05, 4.69) is 206 Å². The predicted octanol–water partition coefficient (Wildman–Crippen LogP) is 13.5. The highest BCUT2D eigenvalue weighted by Gasteiger charge is 2.48. The van der Waals surface area contributed by atoms with Gasteiger partial charge in [-0.15, -0.1) is 11.3 Å². The average Bonchev–Trinajstić information content (AvgIpc) is 3.59. The lowest BCUT2D eigenvalue weighted by Gasteiger charge is -2.43. The van der Waals surface area contributed by atoms with Gasteiger partial charge in [-0.25, -0.2) is 4.98 Å². The molecule has 2 aromatic heterocycles. The fourth-order valence-corrected chi connectivity index (χ4v) is 11.8. The minimum absolute atomic E-state index is 0.0119. The number of fused-ring (bicyclic) bond motifs is 7. The third-order valence-corrected chi connectivity index (χ3v) is 14.8. The van der Waals surface area contributed by atoms with Gasteiger partial charge >= 0.3 is 0 Å². The van der Waals surface area contributed by atoms with Crippen LogP contribution in [-0.2, 0) is 32.5 Å². The molecule has 0 radical (unpaired) electrons. The van der Waals surface area contributed by atoms with Crippen molar-refractivity contribution in [3.8, 4) is 0 Å². The normalized spacial score (nSPS) is 16.9. The molecule has 0 amide bonds. The van der Waals surface area contributed by atoms with Crippen molar-refractivity contribution in [3.05, 3.63) is 118 Å². The molecule has 0 bridgehead atoms. The maximum Gasteiger partial charge on any atom is 0.266 e. The molecule has 59 heavy (non-hydrogen) atoms. The molecule has 3 nitrogen and oxygen atoms in total. The molecule has 4 aromatic carbocycles. The average molecular weight is 798 g/mol. The van der Waals surface area contributed by atoms with E-state index in [1.165, 1.54) is 76.4 Å². The van der Waals surface area contributed by atoms with Gasteiger partial charge in [0.1, 0.15) is 5.82 Å². The summed E-state index contributed by atoms with van der Waals surface area (Å²) in [4.78, 5) is 10.9. The highest BCUT2D eigenvalue weighted by molar-refractivity contribution is 7.33. The zero-order valence-corrected chi connectivity index (χ0v) is 39.4. The fraction of sp³-hybridized carbons (Fsp3) is 0.426. The summed E-state index contributed by atoms with van der Waals surface area (Å²) in [5.41, 5.74) is 17.0. The lowest BCUT2D eigenvalue weighted by molar-refractivity contribution is 0.403. The third-order valence-electron chi connectivity index (χ3n) is 13.6. The van der Waals surface area contributed by atoms with Crippen LogP contribution in [0.15, 0.2) is 84.9 Å². The van der Waals surface area contributed by atoms with Crippen LogP contribution in [-0.4, -0.2) is 11.7 Å². The number of pyridine rings is 1. The molecule has 0 spiro atoms. The van der Waals surface area contributed by atoms with Crippen molar-refractivity contribution in [1.29, 1.82) is 0 Å². The number of anilines is 6. The van der Waals surface area contributed by atoms with Gasteiger partial charge < -0.3 is 4.90 Å². The van der Waals surface area contributed by atoms with Crippen LogP contribution in [0.5, 0.6) is 0 Å². The summed E-state index contributed by atoms with van der Waals surface area (Å²) in [5.74, 6) is 1.04. The zero-order valence-electron chi connectivity index (χ0n) is 38.6. The van der Waals surface area contributed by atoms with Gasteiger partial charge in [0.2, 0.25) is 0 Å². The van der Waals surface area contributed by atoms with Crippen LogP contribution in [0.3, 0.4) is 0 Å². The summed E-state index contributed by atoms with van der Waals surface area (Å²) in [6.07, 6.45) is 1.14. The van der Waals surface area contributed by atoms with E-state index in [1.54, 1.807) is 0 Å². The number of hydrogen-bond donors (Lipinski definition) is 0. The summed E-state index contributed by atoms with van der Waals surface area (Å²) in [6, 6.07) is 33.7. The Morgan fingerprint density at radius 1 is 0.559 bits per heavy atom. The lowest BCUT2D eigenvalue weighted by Crippen LogP contribution is -2.61. The van der Waals surface area contributed by atoms with Crippen LogP contribution >= 0.6 is 11.3 Å². The van der Waals surface area contributed by atoms with Crippen molar-refractivity contribution in [2.75, 3.05) is 9.80 Å². The van der Waals surface area contributed by atoms with E-state index in [9.17, 15) is 0 Å². The zero-order chi connectivity index (χ0) is 42.6. The minimum atomic E-state index is -0.187. The first-order chi connectivity index (χ1) is 27.3. The molecule has 0 saturated heterocycles. The molecule has 0 fully saturated rings. The summed E-state index contributed by atoms with van der Waals surface area (Å²) < 4.78 is 2.75. The van der Waals surface area contributed by atoms with Crippen LogP contribution in [0.1, 0.15) is 151 Å². The van der Waals surface area contributed by atoms with E-state index in [0.717, 1.165) is 23.6 Å². The Balaban J connectivity index is 1.42. The van der Waals surface area contributed by atoms with Crippen molar-refractivity contribution in [2.24, 2.45) is 0 Å². The molecule has 9 rings (SSSR count). The largest absolute Gasteiger partial charge is 0.310 e. The van der Waals surface area contributed by atoms with Gasteiger partial charge in [-0.05, 0) is 115 Å². The Kier molecular flexibility index (Phi) is 8.56. The van der Waals surface area contributed by atoms with Gasteiger partial charge in [0.25, 0.3) is 6.71 Å². The summed E-state index contributed by atoms with van der Waals surface area (Å²) in [5, 5.41) is 1.33. The van der Waals surface area contributed by atoms with Gasteiger partial charge in [-0.3, -0.25) is 4.90 Å². The first-order valence-electron chi connectivity index (χ1n) is 21.9. The van der Waals surface area contributed by atoms with E-state index in [4.69, 9.17) is 4.98 Å². The molecule has 0 unspecified atom stereocenters. The molecule has 4 heterocycles. The quantitative estimate of drug-likeness (QED) is 0.162. The van der Waals surface area contributed by atoms with Crippen molar-refractivity contribution in [2.45, 2.75) is 150 Å². The maximum absolute atomic E-state index is 5.78. The smallest absolute Gasteiger partial charge is 0.266 e. The molecule has 6 aromatic rings. The SMILES string of the molecule is CC(C)(C)c1ccc(N2c3ccc(C(C)(C)C)cc3B3c4sc5cc(C(C)(C)C)ccc5c4N(c4ccc5c(c4)C(C)(C)CC5(C)C)c4cc(C(C)(C)C)nc2c43)cc1. The van der Waals surface area contributed by atoms with Crippen LogP contribution in [0.2, 0.25) is 0 Å². The van der Waals surface area contributed by atoms with Gasteiger partial charge in [-0.2, -0.15) is 0 Å². The van der Waals surface area contributed by atoms with Gasteiger partial charge in [-0.1, -0.05) is 153 Å². The molecule has 304 valence electrons. The molecule has 0 N–H and O–H groups in total. The summed E-state index contributed by atoms with van der Waals surface area (Å²) in [6.45, 7) is 37.6. The highest BCUT2D eigenvalue weighted by Crippen LogP contribution is 2.53. The minimum Gasteiger partial charge on any atom is -0.310 e. The predicted molar refractivity (Wildman–Crippen MR) is 259 cm³/mol. The van der Waals surface area contributed by atoms with E-state index in [0.29, 0.717) is 0 Å². The molecular formula is C54H64BN3S. The summed E-state index contributed by atoms with van der Waals surface area (Å²) in [7, 11) is 0. The third kappa shape index (κ3) is 6.31. The van der Waals surface area contributed by atoms with Crippen LogP contribution in [0.25, 0.3) is 10.1 Å². The topological polar surface area (TPSA) is 19.4 Å². The van der Waals surface area contributed by atoms with E-state index in [-0.39, 0.29) is 39.2 Å². The Hall–Kier alpha value is -4.35. The van der Waals surface area contributed by atoms with Gasteiger partial charge in [0, 0.05) is 43.0 Å². The highest BCUT2D eigenvalue weighted by atomic mass is 32.1. The molecular weight excluding hydrogens is 733 g/mol. The first-order valence-corrected chi connectivity index (χ1v) is 22.7. The van der Waals surface area contributed by atoms with Crippen molar-refractivity contribution < 1.29 is 0 Å². The molecule has 0 atom stereocenters. The van der Waals surface area contributed by atoms with E-state index >= 15 is 0 Å². The molecule has 3 aliphatic rings. The number of hydrogen-bond acceptors (Lipinski definition) is 4. The van der Waals surface area contributed by atoms with Crippen molar-refractivity contribution in [1.82, 2.24) is 4.98 Å². The van der Waals surface area contributed by atoms with Gasteiger partial charge in [0.05, 0.1) is 11.4 Å². The fourth-order valence-electron chi connectivity index (χ4n) is 10.4. The number of aromatic nitrogens is 1. The molecule has 2 aliphatic heterocycles. The van der Waals surface area contributed by atoms with Gasteiger partial charge in [0.15, 0.2) is 0 Å².